The molecule has 0 spiro atoms. The maximum Gasteiger partial charge on any atom is 0.290 e. The number of anilines is 1. The van der Waals surface area contributed by atoms with Crippen molar-refractivity contribution < 1.29 is 9.59 Å². The second kappa shape index (κ2) is 5.96. The number of nitrogens with zero attached hydrogens (tertiary/aromatic N) is 3. The summed E-state index contributed by atoms with van der Waals surface area (Å²) in [7, 11) is 0. The summed E-state index contributed by atoms with van der Waals surface area (Å²) in [5.74, 6) is 0.496. The predicted octanol–water partition coefficient (Wildman–Crippen LogP) is 3.36. The molecule has 1 saturated carbocycles. The first-order valence-corrected chi connectivity index (χ1v) is 9.81. The van der Waals surface area contributed by atoms with Crippen molar-refractivity contribution in [3.63, 3.8) is 0 Å². The first kappa shape index (κ1) is 15.6. The second-order valence-electron chi connectivity index (χ2n) is 6.11. The molecule has 0 unspecified atom stereocenters. The summed E-state index contributed by atoms with van der Waals surface area (Å²) in [6, 6.07) is 6.49. The van der Waals surface area contributed by atoms with Crippen LogP contribution in [0.4, 0.5) is 10.6 Å². The quantitative estimate of drug-likeness (QED) is 0.672. The molecule has 2 aliphatic rings. The van der Waals surface area contributed by atoms with E-state index < -0.39 is 0 Å². The second-order valence-corrected chi connectivity index (χ2v) is 8.07. The third-order valence-corrected chi connectivity index (χ3v) is 5.83. The van der Waals surface area contributed by atoms with Crippen LogP contribution in [0.2, 0.25) is 0 Å². The van der Waals surface area contributed by atoms with Crippen molar-refractivity contribution in [3.05, 3.63) is 40.2 Å². The van der Waals surface area contributed by atoms with Gasteiger partial charge in [-0.3, -0.25) is 14.9 Å². The first-order valence-electron chi connectivity index (χ1n) is 8.11. The van der Waals surface area contributed by atoms with Gasteiger partial charge in [-0.1, -0.05) is 6.07 Å². The van der Waals surface area contributed by atoms with Crippen molar-refractivity contribution in [3.8, 4) is 10.6 Å². The topological polar surface area (TPSA) is 88.4 Å². The van der Waals surface area contributed by atoms with Crippen molar-refractivity contribution >= 4 is 51.8 Å². The third kappa shape index (κ3) is 2.78. The average Bonchev–Trinajstić information content (AvgIpc) is 3.01. The number of thioether (sulfide) groups is 1. The highest BCUT2D eigenvalue weighted by atomic mass is 32.2. The van der Waals surface area contributed by atoms with Crippen molar-refractivity contribution in [2.24, 2.45) is 0 Å². The van der Waals surface area contributed by atoms with Crippen molar-refractivity contribution in [2.45, 2.75) is 18.9 Å². The van der Waals surface area contributed by atoms with Gasteiger partial charge in [0.1, 0.15) is 5.82 Å². The lowest BCUT2D eigenvalue weighted by atomic mass is 10.2. The summed E-state index contributed by atoms with van der Waals surface area (Å²) in [4.78, 5) is 29.4. The summed E-state index contributed by atoms with van der Waals surface area (Å²) in [5.41, 5.74) is 2.21. The van der Waals surface area contributed by atoms with E-state index in [2.05, 4.69) is 15.7 Å². The molecular formula is C17H13N5O2S2. The number of hydrogen-bond donors (Lipinski definition) is 2. The molecule has 1 saturated heterocycles. The maximum atomic E-state index is 11.8. The fourth-order valence-corrected chi connectivity index (χ4v) is 4.09. The Balaban J connectivity index is 1.65. The number of fused-ring (bicyclic) bond motifs is 1. The van der Waals surface area contributed by atoms with E-state index in [9.17, 15) is 9.59 Å². The molecule has 1 aliphatic heterocycles. The Labute approximate surface area is 156 Å². The summed E-state index contributed by atoms with van der Waals surface area (Å²) >= 11 is 2.51. The zero-order valence-corrected chi connectivity index (χ0v) is 15.1. The molecule has 3 aromatic heterocycles. The minimum atomic E-state index is -0.384. The first-order chi connectivity index (χ1) is 12.7. The number of imide groups is 1. The third-order valence-electron chi connectivity index (χ3n) is 4.13. The van der Waals surface area contributed by atoms with E-state index in [0.717, 1.165) is 41.0 Å². The van der Waals surface area contributed by atoms with Crippen LogP contribution in [-0.2, 0) is 4.79 Å². The molecule has 26 heavy (non-hydrogen) atoms. The Hall–Kier alpha value is -2.65. The minimum Gasteiger partial charge on any atom is -0.367 e. The highest BCUT2D eigenvalue weighted by Gasteiger charge is 2.26. The lowest BCUT2D eigenvalue weighted by molar-refractivity contribution is -0.115. The largest absolute Gasteiger partial charge is 0.367 e. The molecule has 2 fully saturated rings. The van der Waals surface area contributed by atoms with Gasteiger partial charge in [-0.2, -0.15) is 9.61 Å². The predicted molar refractivity (Wildman–Crippen MR) is 102 cm³/mol. The van der Waals surface area contributed by atoms with Crippen LogP contribution in [0.3, 0.4) is 0 Å². The Kier molecular flexibility index (Phi) is 3.57. The van der Waals surface area contributed by atoms with Crippen molar-refractivity contribution in [1.29, 1.82) is 0 Å². The zero-order valence-electron chi connectivity index (χ0n) is 13.4. The molecule has 0 atom stereocenters. The van der Waals surface area contributed by atoms with Gasteiger partial charge < -0.3 is 5.32 Å². The number of rotatable bonds is 4. The Bertz CT molecular complexity index is 1070. The van der Waals surface area contributed by atoms with Gasteiger partial charge in [0.05, 0.1) is 21.7 Å². The van der Waals surface area contributed by atoms with Crippen LogP contribution in [-0.4, -0.2) is 31.8 Å². The maximum absolute atomic E-state index is 11.8. The molecule has 3 aromatic rings. The van der Waals surface area contributed by atoms with Crippen molar-refractivity contribution in [1.82, 2.24) is 19.9 Å². The van der Waals surface area contributed by atoms with Crippen molar-refractivity contribution in [2.75, 3.05) is 5.32 Å². The fourth-order valence-electron chi connectivity index (χ4n) is 2.73. The Morgan fingerprint density at radius 3 is 2.92 bits per heavy atom. The van der Waals surface area contributed by atoms with Crippen LogP contribution in [0.15, 0.2) is 34.7 Å². The molecule has 1 aliphatic carbocycles. The number of aromatic nitrogens is 3. The monoisotopic (exact) mass is 383 g/mol. The van der Waals surface area contributed by atoms with E-state index in [1.807, 2.05) is 23.6 Å². The molecule has 0 bridgehead atoms. The summed E-state index contributed by atoms with van der Waals surface area (Å²) in [6.45, 7) is 0. The van der Waals surface area contributed by atoms with E-state index in [1.165, 1.54) is 0 Å². The van der Waals surface area contributed by atoms with Gasteiger partial charge in [0, 0.05) is 17.7 Å². The van der Waals surface area contributed by atoms with Gasteiger partial charge >= 0.3 is 0 Å². The highest BCUT2D eigenvalue weighted by Crippen LogP contribution is 2.32. The number of nitrogens with one attached hydrogen (secondary N) is 2. The fraction of sp³-hybridized carbons (Fsp3) is 0.176. The van der Waals surface area contributed by atoms with Crippen LogP contribution in [0, 0.1) is 0 Å². The van der Waals surface area contributed by atoms with E-state index in [-0.39, 0.29) is 11.1 Å². The molecule has 5 rings (SSSR count). The lowest BCUT2D eigenvalue weighted by Gasteiger charge is -2.09. The molecule has 7 nitrogen and oxygen atoms in total. The smallest absolute Gasteiger partial charge is 0.290 e. The van der Waals surface area contributed by atoms with E-state index >= 15 is 0 Å². The Morgan fingerprint density at radius 1 is 1.35 bits per heavy atom. The number of amides is 2. The minimum absolute atomic E-state index is 0.352. The molecule has 0 radical (unpaired) electrons. The molecule has 2 amide bonds. The van der Waals surface area contributed by atoms with Gasteiger partial charge in [0.2, 0.25) is 0 Å². The summed E-state index contributed by atoms with van der Waals surface area (Å²) in [6.07, 6.45) is 5.63. The SMILES string of the molecule is O=C1NC(=O)C(=Cc2cnn3c(NC4CC4)cc(-c4cccs4)nc23)S1. The zero-order chi connectivity index (χ0) is 17.7. The number of carbonyl (C=O) groups is 2. The summed E-state index contributed by atoms with van der Waals surface area (Å²) in [5, 5.41) is 11.8. The molecule has 4 heterocycles. The molecule has 130 valence electrons. The Morgan fingerprint density at radius 2 is 2.23 bits per heavy atom. The summed E-state index contributed by atoms with van der Waals surface area (Å²) < 4.78 is 1.75. The van der Waals surface area contributed by atoms with E-state index in [4.69, 9.17) is 4.98 Å². The van der Waals surface area contributed by atoms with Gasteiger partial charge in [-0.05, 0) is 42.1 Å². The van der Waals surface area contributed by atoms with E-state index in [1.54, 1.807) is 28.1 Å². The van der Waals surface area contributed by atoms with Gasteiger partial charge in [0.15, 0.2) is 5.65 Å². The standard InChI is InChI=1S/C17H13N5O2S2/c23-16-13(26-17(24)21-16)6-9-8-18-22-14(19-10-3-4-10)7-11(20-15(9)22)12-2-1-5-25-12/h1-2,5-8,10,19H,3-4H2,(H,21,23,24). The molecule has 2 N–H and O–H groups in total. The van der Waals surface area contributed by atoms with E-state index in [0.29, 0.717) is 22.2 Å². The van der Waals surface area contributed by atoms with Crippen LogP contribution >= 0.6 is 23.1 Å². The van der Waals surface area contributed by atoms with Crippen LogP contribution in [0.25, 0.3) is 22.3 Å². The van der Waals surface area contributed by atoms with Crippen LogP contribution in [0.1, 0.15) is 18.4 Å². The number of thiophene rings is 1. The van der Waals surface area contributed by atoms with Crippen LogP contribution < -0.4 is 10.6 Å². The normalized spacial score (nSPS) is 18.7. The molecular weight excluding hydrogens is 370 g/mol. The highest BCUT2D eigenvalue weighted by molar-refractivity contribution is 8.18. The number of carbonyl (C=O) groups excluding carboxylic acids is 2. The number of hydrogen-bond acceptors (Lipinski definition) is 7. The van der Waals surface area contributed by atoms with Gasteiger partial charge in [-0.25, -0.2) is 4.98 Å². The molecule has 9 heteroatoms. The van der Waals surface area contributed by atoms with Crippen LogP contribution in [0.5, 0.6) is 0 Å². The average molecular weight is 383 g/mol. The molecule has 0 aromatic carbocycles. The van der Waals surface area contributed by atoms with Gasteiger partial charge in [0.25, 0.3) is 11.1 Å². The van der Waals surface area contributed by atoms with Gasteiger partial charge in [-0.15, -0.1) is 11.3 Å². The lowest BCUT2D eigenvalue weighted by Crippen LogP contribution is -2.17.